The van der Waals surface area contributed by atoms with Gasteiger partial charge in [0.2, 0.25) is 0 Å². The zero-order valence-electron chi connectivity index (χ0n) is 15.0. The van der Waals surface area contributed by atoms with Gasteiger partial charge in [0.25, 0.3) is 0 Å². The number of ether oxygens (including phenoxy) is 1. The molecule has 1 aliphatic rings. The van der Waals surface area contributed by atoms with Gasteiger partial charge in [0.15, 0.2) is 0 Å². The van der Waals surface area contributed by atoms with Crippen LogP contribution in [0.2, 0.25) is 0 Å². The SMILES string of the molecule is CCCCN1C(=S)C(Nc2ccc(OC)cc2)=C(c2ccccc2)C1=S. The van der Waals surface area contributed by atoms with E-state index in [0.717, 1.165) is 57.6 Å². The van der Waals surface area contributed by atoms with Crippen LogP contribution in [0.3, 0.4) is 0 Å². The molecule has 0 spiro atoms. The Kier molecular flexibility index (Phi) is 6.01. The van der Waals surface area contributed by atoms with Crippen LogP contribution >= 0.6 is 24.4 Å². The number of nitrogens with one attached hydrogen (secondary N) is 1. The fourth-order valence-electron chi connectivity index (χ4n) is 2.90. The van der Waals surface area contributed by atoms with E-state index in [0.29, 0.717) is 0 Å². The molecule has 0 aliphatic carbocycles. The third-order valence-corrected chi connectivity index (χ3v) is 5.17. The van der Waals surface area contributed by atoms with E-state index in [-0.39, 0.29) is 0 Å². The van der Waals surface area contributed by atoms with E-state index in [9.17, 15) is 0 Å². The van der Waals surface area contributed by atoms with Crippen molar-refractivity contribution in [3.63, 3.8) is 0 Å². The molecule has 0 atom stereocenters. The lowest BCUT2D eigenvalue weighted by atomic mass is 10.1. The molecule has 5 heteroatoms. The quantitative estimate of drug-likeness (QED) is 0.656. The van der Waals surface area contributed by atoms with Crippen LogP contribution in [0.15, 0.2) is 60.3 Å². The molecule has 0 saturated carbocycles. The smallest absolute Gasteiger partial charge is 0.131 e. The maximum atomic E-state index is 5.79. The van der Waals surface area contributed by atoms with Crippen molar-refractivity contribution in [1.82, 2.24) is 4.90 Å². The number of unbranched alkanes of at least 4 members (excludes halogenated alkanes) is 1. The molecule has 0 radical (unpaired) electrons. The highest BCUT2D eigenvalue weighted by molar-refractivity contribution is 7.83. The summed E-state index contributed by atoms with van der Waals surface area (Å²) in [4.78, 5) is 3.63. The number of benzene rings is 2. The molecule has 26 heavy (non-hydrogen) atoms. The fraction of sp³-hybridized carbons (Fsp3) is 0.238. The molecule has 0 fully saturated rings. The molecule has 134 valence electrons. The van der Waals surface area contributed by atoms with Crippen LogP contribution in [0.4, 0.5) is 5.69 Å². The average molecular weight is 383 g/mol. The van der Waals surface area contributed by atoms with E-state index in [2.05, 4.69) is 29.3 Å². The minimum atomic E-state index is 0.762. The van der Waals surface area contributed by atoms with Crippen molar-refractivity contribution in [2.45, 2.75) is 19.8 Å². The average Bonchev–Trinajstić information content (AvgIpc) is 2.91. The Bertz CT molecular complexity index is 829. The number of nitrogens with zero attached hydrogens (tertiary/aromatic N) is 1. The van der Waals surface area contributed by atoms with Gasteiger partial charge < -0.3 is 15.0 Å². The summed E-state index contributed by atoms with van der Waals surface area (Å²) in [7, 11) is 1.66. The highest BCUT2D eigenvalue weighted by Gasteiger charge is 2.32. The van der Waals surface area contributed by atoms with E-state index in [1.54, 1.807) is 7.11 Å². The lowest BCUT2D eigenvalue weighted by Crippen LogP contribution is -2.31. The first-order chi connectivity index (χ1) is 12.7. The molecule has 0 unspecified atom stereocenters. The van der Waals surface area contributed by atoms with Crippen LogP contribution in [0, 0.1) is 0 Å². The Balaban J connectivity index is 1.98. The maximum Gasteiger partial charge on any atom is 0.131 e. The number of anilines is 1. The van der Waals surface area contributed by atoms with Gasteiger partial charge in [0.05, 0.1) is 12.8 Å². The van der Waals surface area contributed by atoms with Crippen LogP contribution in [0.1, 0.15) is 25.3 Å². The molecule has 0 bridgehead atoms. The molecule has 3 nitrogen and oxygen atoms in total. The van der Waals surface area contributed by atoms with Crippen molar-refractivity contribution in [2.75, 3.05) is 19.0 Å². The second-order valence-electron chi connectivity index (χ2n) is 6.09. The second-order valence-corrected chi connectivity index (χ2v) is 6.86. The molecular formula is C21H22N2OS2. The van der Waals surface area contributed by atoms with Gasteiger partial charge >= 0.3 is 0 Å². The normalized spacial score (nSPS) is 14.2. The highest BCUT2D eigenvalue weighted by atomic mass is 32.1. The van der Waals surface area contributed by atoms with Crippen LogP contribution in [-0.2, 0) is 0 Å². The zero-order chi connectivity index (χ0) is 18.5. The van der Waals surface area contributed by atoms with Crippen LogP contribution in [0.5, 0.6) is 5.75 Å². The standard InChI is InChI=1S/C21H22N2OS2/c1-3-4-14-23-20(25)18(15-8-6-5-7-9-15)19(21(23)26)22-16-10-12-17(24-2)13-11-16/h5-13,22H,3-4,14H2,1-2H3. The fourth-order valence-corrected chi connectivity index (χ4v) is 3.70. The molecule has 0 aromatic heterocycles. The van der Waals surface area contributed by atoms with Crippen LogP contribution in [-0.4, -0.2) is 28.5 Å². The Labute approximate surface area is 165 Å². The van der Waals surface area contributed by atoms with E-state index in [1.165, 1.54) is 0 Å². The van der Waals surface area contributed by atoms with Crippen molar-refractivity contribution >= 4 is 45.7 Å². The minimum Gasteiger partial charge on any atom is -0.497 e. The monoisotopic (exact) mass is 382 g/mol. The second kappa shape index (κ2) is 8.43. The topological polar surface area (TPSA) is 24.5 Å². The number of hydrogen-bond acceptors (Lipinski definition) is 4. The zero-order valence-corrected chi connectivity index (χ0v) is 16.6. The van der Waals surface area contributed by atoms with Crippen molar-refractivity contribution in [1.29, 1.82) is 0 Å². The summed E-state index contributed by atoms with van der Waals surface area (Å²) in [6.45, 7) is 3.02. The van der Waals surface area contributed by atoms with Gasteiger partial charge in [0.1, 0.15) is 15.7 Å². The van der Waals surface area contributed by atoms with Crippen molar-refractivity contribution < 1.29 is 4.74 Å². The minimum absolute atomic E-state index is 0.762. The predicted molar refractivity (Wildman–Crippen MR) is 117 cm³/mol. The van der Waals surface area contributed by atoms with Gasteiger partial charge in [-0.1, -0.05) is 68.1 Å². The van der Waals surface area contributed by atoms with Crippen LogP contribution < -0.4 is 10.1 Å². The molecular weight excluding hydrogens is 360 g/mol. The van der Waals surface area contributed by atoms with E-state index in [4.69, 9.17) is 29.2 Å². The molecule has 1 N–H and O–H groups in total. The third-order valence-electron chi connectivity index (χ3n) is 4.33. The van der Waals surface area contributed by atoms with Crippen molar-refractivity contribution in [3.8, 4) is 5.75 Å². The molecule has 1 heterocycles. The summed E-state index contributed by atoms with van der Waals surface area (Å²) in [6.07, 6.45) is 2.15. The van der Waals surface area contributed by atoms with E-state index >= 15 is 0 Å². The molecule has 0 saturated heterocycles. The molecule has 0 amide bonds. The van der Waals surface area contributed by atoms with E-state index < -0.39 is 0 Å². The highest BCUT2D eigenvalue weighted by Crippen LogP contribution is 2.32. The molecule has 3 rings (SSSR count). The van der Waals surface area contributed by atoms with Crippen molar-refractivity contribution in [3.05, 3.63) is 65.9 Å². The largest absolute Gasteiger partial charge is 0.497 e. The van der Waals surface area contributed by atoms with Crippen LogP contribution in [0.25, 0.3) is 5.57 Å². The summed E-state index contributed by atoms with van der Waals surface area (Å²) < 4.78 is 5.23. The summed E-state index contributed by atoms with van der Waals surface area (Å²) in [5.41, 5.74) is 3.93. The Hall–Kier alpha value is -2.24. The Morgan fingerprint density at radius 3 is 2.27 bits per heavy atom. The first kappa shape index (κ1) is 18.5. The number of rotatable bonds is 7. The summed E-state index contributed by atoms with van der Waals surface area (Å²) in [5.74, 6) is 0.821. The number of methoxy groups -OCH3 is 1. The van der Waals surface area contributed by atoms with Gasteiger partial charge in [-0.15, -0.1) is 0 Å². The molecule has 2 aromatic carbocycles. The Morgan fingerprint density at radius 2 is 1.65 bits per heavy atom. The van der Waals surface area contributed by atoms with Crippen molar-refractivity contribution in [2.24, 2.45) is 0 Å². The van der Waals surface area contributed by atoms with Gasteiger partial charge in [-0.05, 0) is 36.2 Å². The maximum absolute atomic E-state index is 5.79. The molecule has 1 aliphatic heterocycles. The van der Waals surface area contributed by atoms with Gasteiger partial charge in [-0.2, -0.15) is 0 Å². The molecule has 2 aromatic rings. The lowest BCUT2D eigenvalue weighted by Gasteiger charge is -2.19. The first-order valence-corrected chi connectivity index (χ1v) is 9.54. The number of thiocarbonyl (C=S) groups is 2. The summed E-state index contributed by atoms with van der Waals surface area (Å²) in [5, 5.41) is 3.48. The van der Waals surface area contributed by atoms with Gasteiger partial charge in [0, 0.05) is 17.8 Å². The Morgan fingerprint density at radius 1 is 0.962 bits per heavy atom. The number of hydrogen-bond donors (Lipinski definition) is 1. The first-order valence-electron chi connectivity index (χ1n) is 8.72. The van der Waals surface area contributed by atoms with E-state index in [1.807, 2.05) is 42.5 Å². The summed E-state index contributed by atoms with van der Waals surface area (Å²) in [6, 6.07) is 18.0. The van der Waals surface area contributed by atoms with Gasteiger partial charge in [-0.3, -0.25) is 0 Å². The van der Waals surface area contributed by atoms with Gasteiger partial charge in [-0.25, -0.2) is 0 Å². The summed E-state index contributed by atoms with van der Waals surface area (Å²) >= 11 is 11.6. The lowest BCUT2D eigenvalue weighted by molar-refractivity contribution is 0.415. The third kappa shape index (κ3) is 3.79. The predicted octanol–water partition coefficient (Wildman–Crippen LogP) is 5.29.